The first-order valence-electron chi connectivity index (χ1n) is 7.33. The van der Waals surface area contributed by atoms with E-state index in [9.17, 15) is 17.3 Å². The molecule has 1 aliphatic rings. The van der Waals surface area contributed by atoms with Gasteiger partial charge in [-0.1, -0.05) is 48.6 Å². The van der Waals surface area contributed by atoms with Crippen molar-refractivity contribution < 1.29 is 17.3 Å². The largest absolute Gasteiger partial charge is 0.266 e. The summed E-state index contributed by atoms with van der Waals surface area (Å²) >= 11 is 5.43. The minimum absolute atomic E-state index is 0.167. The maximum absolute atomic E-state index is 13.4. The molecule has 1 aliphatic carbocycles. The fourth-order valence-electron chi connectivity index (χ4n) is 2.61. The van der Waals surface area contributed by atoms with Crippen LogP contribution >= 0.6 is 12.2 Å². The molecule has 0 fully saturated rings. The third-order valence-electron chi connectivity index (χ3n) is 3.88. The summed E-state index contributed by atoms with van der Waals surface area (Å²) in [5, 5.41) is 0. The Morgan fingerprint density at radius 2 is 1.80 bits per heavy atom. The van der Waals surface area contributed by atoms with Crippen molar-refractivity contribution in [2.24, 2.45) is 0 Å². The smallest absolute Gasteiger partial charge is 0.207 e. The topological polar surface area (TPSA) is 46.2 Å². The standard InChI is InChI=1S/C18H13F2NO2S2/c19-15-3-1-2-14(10-15)17-9-6-13(11-18(17)24)12-4-7-16(8-5-12)25(22,23)21-20/h1-11,17,21H. The number of allylic oxidation sites excluding steroid dienone is 4. The summed E-state index contributed by atoms with van der Waals surface area (Å²) in [6, 6.07) is 12.1. The zero-order chi connectivity index (χ0) is 18.0. The Kier molecular flexibility index (Phi) is 4.89. The number of benzene rings is 2. The van der Waals surface area contributed by atoms with Gasteiger partial charge in [0.05, 0.1) is 4.90 Å². The van der Waals surface area contributed by atoms with Gasteiger partial charge >= 0.3 is 0 Å². The molecule has 0 bridgehead atoms. The molecule has 0 amide bonds. The predicted octanol–water partition coefficient (Wildman–Crippen LogP) is 4.10. The molecule has 0 saturated carbocycles. The molecule has 1 atom stereocenters. The quantitative estimate of drug-likeness (QED) is 0.645. The highest BCUT2D eigenvalue weighted by atomic mass is 32.2. The lowest BCUT2D eigenvalue weighted by Gasteiger charge is -2.18. The van der Waals surface area contributed by atoms with Gasteiger partial charge in [0.2, 0.25) is 0 Å². The second-order valence-corrected chi connectivity index (χ2v) is 7.60. The third kappa shape index (κ3) is 3.73. The molecule has 0 saturated heterocycles. The second kappa shape index (κ2) is 6.95. The maximum atomic E-state index is 13.4. The minimum Gasteiger partial charge on any atom is -0.207 e. The highest BCUT2D eigenvalue weighted by Crippen LogP contribution is 2.30. The number of hydrogen-bond acceptors (Lipinski definition) is 3. The van der Waals surface area contributed by atoms with Crippen LogP contribution in [0, 0.1) is 5.82 Å². The summed E-state index contributed by atoms with van der Waals surface area (Å²) in [4.78, 5) is 1.25. The summed E-state index contributed by atoms with van der Waals surface area (Å²) in [7, 11) is -4.12. The van der Waals surface area contributed by atoms with Crippen LogP contribution in [-0.2, 0) is 10.0 Å². The highest BCUT2D eigenvalue weighted by molar-refractivity contribution is 7.89. The number of nitrogens with one attached hydrogen (secondary N) is 1. The zero-order valence-electron chi connectivity index (χ0n) is 12.8. The summed E-state index contributed by atoms with van der Waals surface area (Å²) in [6.07, 6.45) is 5.52. The minimum atomic E-state index is -4.12. The molecule has 3 rings (SSSR count). The van der Waals surface area contributed by atoms with Gasteiger partial charge in [-0.15, -0.1) is 4.48 Å². The van der Waals surface area contributed by atoms with Crippen LogP contribution in [0.1, 0.15) is 17.0 Å². The first kappa shape index (κ1) is 17.6. The van der Waals surface area contributed by atoms with E-state index in [1.165, 1.54) is 24.3 Å². The van der Waals surface area contributed by atoms with Crippen LogP contribution in [0.2, 0.25) is 0 Å². The lowest BCUT2D eigenvalue weighted by Crippen LogP contribution is -2.14. The van der Waals surface area contributed by atoms with Crippen molar-refractivity contribution in [3.63, 3.8) is 0 Å². The van der Waals surface area contributed by atoms with Crippen molar-refractivity contribution >= 4 is 32.7 Å². The molecule has 128 valence electrons. The Morgan fingerprint density at radius 3 is 2.40 bits per heavy atom. The normalized spacial score (nSPS) is 17.4. The highest BCUT2D eigenvalue weighted by Gasteiger charge is 2.18. The van der Waals surface area contributed by atoms with Gasteiger partial charge in [-0.2, -0.15) is 0 Å². The van der Waals surface area contributed by atoms with E-state index in [1.54, 1.807) is 24.3 Å². The number of halogens is 2. The Hall–Kier alpha value is -2.22. The van der Waals surface area contributed by atoms with E-state index in [1.807, 2.05) is 18.2 Å². The van der Waals surface area contributed by atoms with E-state index < -0.39 is 10.0 Å². The second-order valence-electron chi connectivity index (χ2n) is 5.50. The van der Waals surface area contributed by atoms with Crippen molar-refractivity contribution in [1.82, 2.24) is 4.94 Å². The number of thiocarbonyl (C=S) groups is 1. The van der Waals surface area contributed by atoms with E-state index in [2.05, 4.69) is 0 Å². The molecule has 2 aromatic rings. The van der Waals surface area contributed by atoms with Gasteiger partial charge in [0.15, 0.2) is 0 Å². The van der Waals surface area contributed by atoms with Crippen LogP contribution in [0.3, 0.4) is 0 Å². The monoisotopic (exact) mass is 377 g/mol. The van der Waals surface area contributed by atoms with Crippen molar-refractivity contribution in [1.29, 1.82) is 0 Å². The van der Waals surface area contributed by atoms with Gasteiger partial charge < -0.3 is 0 Å². The van der Waals surface area contributed by atoms with Crippen molar-refractivity contribution in [2.45, 2.75) is 10.8 Å². The van der Waals surface area contributed by atoms with Crippen LogP contribution in [0.5, 0.6) is 0 Å². The third-order valence-corrected chi connectivity index (χ3v) is 5.35. The van der Waals surface area contributed by atoms with Crippen LogP contribution in [0.4, 0.5) is 8.87 Å². The molecular formula is C18H13F2NO2S2. The zero-order valence-corrected chi connectivity index (χ0v) is 14.5. The Labute approximate surface area is 149 Å². The number of rotatable bonds is 4. The lowest BCUT2D eigenvalue weighted by atomic mass is 9.88. The number of hydrogen-bond donors (Lipinski definition) is 1. The van der Waals surface area contributed by atoms with Crippen molar-refractivity contribution in [2.75, 3.05) is 0 Å². The lowest BCUT2D eigenvalue weighted by molar-refractivity contribution is 0.425. The first-order chi connectivity index (χ1) is 11.9. The van der Waals surface area contributed by atoms with Crippen LogP contribution in [-0.4, -0.2) is 13.3 Å². The van der Waals surface area contributed by atoms with Crippen LogP contribution < -0.4 is 4.94 Å². The number of sulfonamides is 1. The van der Waals surface area contributed by atoms with E-state index in [0.717, 1.165) is 21.6 Å². The molecule has 1 unspecified atom stereocenters. The summed E-state index contributed by atoms with van der Waals surface area (Å²) in [5.74, 6) is -0.508. The molecule has 0 spiro atoms. The van der Waals surface area contributed by atoms with Crippen molar-refractivity contribution in [3.8, 4) is 0 Å². The van der Waals surface area contributed by atoms with Crippen LogP contribution in [0.15, 0.2) is 71.7 Å². The average molecular weight is 377 g/mol. The van der Waals surface area contributed by atoms with Crippen molar-refractivity contribution in [3.05, 3.63) is 83.7 Å². The van der Waals surface area contributed by atoms with E-state index in [0.29, 0.717) is 4.86 Å². The fourth-order valence-corrected chi connectivity index (χ4v) is 3.54. The van der Waals surface area contributed by atoms with E-state index >= 15 is 0 Å². The molecular weight excluding hydrogens is 364 g/mol. The molecule has 2 aromatic carbocycles. The van der Waals surface area contributed by atoms with Crippen LogP contribution in [0.25, 0.3) is 5.57 Å². The molecule has 0 heterocycles. The van der Waals surface area contributed by atoms with Gasteiger partial charge in [-0.05, 0) is 52.0 Å². The fraction of sp³-hybridized carbons (Fsp3) is 0.0556. The average Bonchev–Trinajstić information content (AvgIpc) is 2.61. The van der Waals surface area contributed by atoms with Gasteiger partial charge in [0.1, 0.15) is 5.82 Å². The Morgan fingerprint density at radius 1 is 1.08 bits per heavy atom. The molecule has 0 aliphatic heterocycles. The van der Waals surface area contributed by atoms with Gasteiger partial charge in [0.25, 0.3) is 10.0 Å². The Bertz CT molecular complexity index is 980. The molecule has 0 aromatic heterocycles. The SMILES string of the molecule is O=S(=O)(NF)c1ccc(C2=CC(=S)C(c3cccc(F)c3)C=C2)cc1. The molecule has 0 radical (unpaired) electrons. The van der Waals surface area contributed by atoms with Gasteiger partial charge in [0, 0.05) is 10.8 Å². The summed E-state index contributed by atoms with van der Waals surface area (Å²) in [6.45, 7) is 0. The maximum Gasteiger partial charge on any atom is 0.266 e. The molecule has 3 nitrogen and oxygen atoms in total. The predicted molar refractivity (Wildman–Crippen MR) is 96.7 cm³/mol. The molecule has 25 heavy (non-hydrogen) atoms. The van der Waals surface area contributed by atoms with Gasteiger partial charge in [-0.25, -0.2) is 12.8 Å². The van der Waals surface area contributed by atoms with Gasteiger partial charge in [-0.3, -0.25) is 0 Å². The van der Waals surface area contributed by atoms with E-state index in [-0.39, 0.29) is 16.6 Å². The van der Waals surface area contributed by atoms with E-state index in [4.69, 9.17) is 12.2 Å². The molecule has 7 heteroatoms. The summed E-state index contributed by atoms with van der Waals surface area (Å²) in [5.41, 5.74) is 2.32. The molecule has 1 N–H and O–H groups in total. The summed E-state index contributed by atoms with van der Waals surface area (Å²) < 4.78 is 48.5. The Balaban J connectivity index is 1.85. The first-order valence-corrected chi connectivity index (χ1v) is 9.22.